The summed E-state index contributed by atoms with van der Waals surface area (Å²) in [4.78, 5) is 5.27. The van der Waals surface area contributed by atoms with Gasteiger partial charge in [0.1, 0.15) is 11.3 Å². The summed E-state index contributed by atoms with van der Waals surface area (Å²) in [7, 11) is 0. The third kappa shape index (κ3) is 4.59. The summed E-state index contributed by atoms with van der Waals surface area (Å²) < 4.78 is 6.34. The highest BCUT2D eigenvalue weighted by Gasteiger charge is 2.47. The van der Waals surface area contributed by atoms with E-state index in [1.54, 1.807) is 0 Å². The second-order valence-electron chi connectivity index (χ2n) is 8.99. The molecule has 3 heteroatoms. The molecule has 4 aromatic carbocycles. The van der Waals surface area contributed by atoms with Gasteiger partial charge in [-0.15, -0.1) is 0 Å². The van der Waals surface area contributed by atoms with Crippen molar-refractivity contribution < 1.29 is 4.74 Å². The molecule has 0 atom stereocenters. The summed E-state index contributed by atoms with van der Waals surface area (Å²) in [5, 5.41) is 3.92. The predicted molar refractivity (Wildman–Crippen MR) is 146 cm³/mol. The number of nitrogens with zero attached hydrogens (tertiary/aromatic N) is 1. The highest BCUT2D eigenvalue weighted by atomic mass is 16.5. The second kappa shape index (κ2) is 10.6. The van der Waals surface area contributed by atoms with E-state index >= 15 is 0 Å². The average Bonchev–Trinajstić information content (AvgIpc) is 3.26. The van der Waals surface area contributed by atoms with E-state index in [9.17, 15) is 0 Å². The van der Waals surface area contributed by atoms with Gasteiger partial charge in [0.25, 0.3) is 0 Å². The minimum absolute atomic E-state index is 0.637. The van der Waals surface area contributed by atoms with Crippen LogP contribution in [0, 0.1) is 0 Å². The van der Waals surface area contributed by atoms with Gasteiger partial charge in [-0.2, -0.15) is 0 Å². The van der Waals surface area contributed by atoms with Crippen LogP contribution >= 0.6 is 0 Å². The molecule has 35 heavy (non-hydrogen) atoms. The lowest BCUT2D eigenvalue weighted by molar-refractivity contribution is 0.306. The van der Waals surface area contributed by atoms with Gasteiger partial charge in [0, 0.05) is 5.56 Å². The Kier molecular flexibility index (Phi) is 6.94. The van der Waals surface area contributed by atoms with Crippen molar-refractivity contribution in [3.8, 4) is 5.75 Å². The molecule has 1 aliphatic rings. The molecule has 176 valence electrons. The van der Waals surface area contributed by atoms with E-state index in [1.807, 2.05) is 18.2 Å². The fourth-order valence-electron chi connectivity index (χ4n) is 4.87. The van der Waals surface area contributed by atoms with Crippen LogP contribution in [-0.2, 0) is 5.54 Å². The molecule has 0 saturated heterocycles. The Balaban J connectivity index is 1.67. The topological polar surface area (TPSA) is 33.6 Å². The van der Waals surface area contributed by atoms with Crippen LogP contribution in [0.1, 0.15) is 49.3 Å². The second-order valence-corrected chi connectivity index (χ2v) is 8.99. The molecule has 5 rings (SSSR count). The molecule has 0 saturated carbocycles. The molecule has 0 amide bonds. The summed E-state index contributed by atoms with van der Waals surface area (Å²) in [6.45, 7) is 2.95. The maximum absolute atomic E-state index is 6.34. The van der Waals surface area contributed by atoms with Gasteiger partial charge < -0.3 is 10.1 Å². The van der Waals surface area contributed by atoms with Gasteiger partial charge in [-0.25, -0.2) is 4.99 Å². The predicted octanol–water partition coefficient (Wildman–Crippen LogP) is 8.14. The molecule has 1 aliphatic heterocycles. The van der Waals surface area contributed by atoms with Gasteiger partial charge >= 0.3 is 0 Å². The van der Waals surface area contributed by atoms with Gasteiger partial charge in [0.05, 0.1) is 23.7 Å². The van der Waals surface area contributed by atoms with E-state index in [2.05, 4.69) is 103 Å². The van der Waals surface area contributed by atoms with Crippen molar-refractivity contribution in [2.45, 2.75) is 38.1 Å². The van der Waals surface area contributed by atoms with E-state index < -0.39 is 5.54 Å². The maximum Gasteiger partial charge on any atom is 0.143 e. The van der Waals surface area contributed by atoms with Crippen molar-refractivity contribution in [3.05, 3.63) is 126 Å². The number of anilines is 1. The molecular weight excluding hydrogens is 428 g/mol. The molecule has 0 spiro atoms. The Morgan fingerprint density at radius 3 is 1.94 bits per heavy atom. The Morgan fingerprint density at radius 1 is 0.686 bits per heavy atom. The summed E-state index contributed by atoms with van der Waals surface area (Å²) in [6, 6.07) is 37.7. The van der Waals surface area contributed by atoms with E-state index in [0.29, 0.717) is 6.61 Å². The summed E-state index contributed by atoms with van der Waals surface area (Å²) in [5.41, 5.74) is 5.64. The molecule has 0 unspecified atom stereocenters. The van der Waals surface area contributed by atoms with Crippen molar-refractivity contribution in [1.82, 2.24) is 0 Å². The summed E-state index contributed by atoms with van der Waals surface area (Å²) in [6.07, 6.45) is 4.72. The summed E-state index contributed by atoms with van der Waals surface area (Å²) >= 11 is 0. The number of ether oxygens (including phenoxy) is 1. The third-order valence-electron chi connectivity index (χ3n) is 6.62. The van der Waals surface area contributed by atoms with Crippen LogP contribution in [0.3, 0.4) is 0 Å². The molecular formula is C32H32N2O. The first-order valence-electron chi connectivity index (χ1n) is 12.6. The fourth-order valence-corrected chi connectivity index (χ4v) is 4.87. The lowest BCUT2D eigenvalue weighted by Crippen LogP contribution is -2.40. The lowest BCUT2D eigenvalue weighted by Gasteiger charge is -2.32. The molecule has 0 fully saturated rings. The van der Waals surface area contributed by atoms with Gasteiger partial charge in [-0.1, -0.05) is 117 Å². The zero-order chi connectivity index (χ0) is 23.9. The molecule has 0 aliphatic carbocycles. The Bertz CT molecular complexity index is 1230. The lowest BCUT2D eigenvalue weighted by atomic mass is 9.79. The van der Waals surface area contributed by atoms with Crippen LogP contribution < -0.4 is 10.1 Å². The maximum atomic E-state index is 6.34. The minimum atomic E-state index is -0.637. The first-order chi connectivity index (χ1) is 17.3. The normalized spacial score (nSPS) is 14.9. The Labute approximate surface area is 208 Å². The van der Waals surface area contributed by atoms with Crippen molar-refractivity contribution in [2.24, 2.45) is 4.99 Å². The molecule has 1 heterocycles. The zero-order valence-corrected chi connectivity index (χ0v) is 20.3. The number of fused-ring (bicyclic) bond motifs is 1. The van der Waals surface area contributed by atoms with Gasteiger partial charge in [0.15, 0.2) is 0 Å². The van der Waals surface area contributed by atoms with E-state index in [4.69, 9.17) is 9.73 Å². The first kappa shape index (κ1) is 22.9. The largest absolute Gasteiger partial charge is 0.491 e. The van der Waals surface area contributed by atoms with Crippen molar-refractivity contribution in [1.29, 1.82) is 0 Å². The monoisotopic (exact) mass is 460 g/mol. The molecule has 1 N–H and O–H groups in total. The number of unbranched alkanes of at least 4 members (excludes halogenated alkanes) is 3. The van der Waals surface area contributed by atoms with Gasteiger partial charge in [0.2, 0.25) is 0 Å². The van der Waals surface area contributed by atoms with Crippen LogP contribution in [0.25, 0.3) is 0 Å². The van der Waals surface area contributed by atoms with Crippen molar-refractivity contribution in [3.63, 3.8) is 0 Å². The first-order valence-corrected chi connectivity index (χ1v) is 12.6. The quantitative estimate of drug-likeness (QED) is 0.256. The minimum Gasteiger partial charge on any atom is -0.491 e. The molecule has 4 aromatic rings. The van der Waals surface area contributed by atoms with E-state index in [1.165, 1.54) is 19.3 Å². The fraction of sp³-hybridized carbons (Fsp3) is 0.219. The number of benzene rings is 4. The highest BCUT2D eigenvalue weighted by Crippen LogP contribution is 2.48. The number of para-hydroxylation sites is 2. The molecule has 0 radical (unpaired) electrons. The SMILES string of the molecule is CCCCCCOc1cccc2c1NC(c1ccccc1)(c1ccccc1)C2=Nc1ccccc1. The number of nitrogens with one attached hydrogen (secondary N) is 1. The van der Waals surface area contributed by atoms with E-state index in [-0.39, 0.29) is 0 Å². The Hall–Kier alpha value is -3.85. The highest BCUT2D eigenvalue weighted by molar-refractivity contribution is 6.20. The van der Waals surface area contributed by atoms with Gasteiger partial charge in [-0.3, -0.25) is 0 Å². The zero-order valence-electron chi connectivity index (χ0n) is 20.3. The van der Waals surface area contributed by atoms with Crippen LogP contribution in [-0.4, -0.2) is 12.3 Å². The molecule has 0 aromatic heterocycles. The van der Waals surface area contributed by atoms with Crippen molar-refractivity contribution >= 4 is 17.1 Å². The number of hydrogen-bond donors (Lipinski definition) is 1. The number of rotatable bonds is 9. The van der Waals surface area contributed by atoms with E-state index in [0.717, 1.165) is 45.9 Å². The van der Waals surface area contributed by atoms with Crippen LogP contribution in [0.4, 0.5) is 11.4 Å². The smallest absolute Gasteiger partial charge is 0.143 e. The van der Waals surface area contributed by atoms with Crippen LogP contribution in [0.2, 0.25) is 0 Å². The van der Waals surface area contributed by atoms with Crippen LogP contribution in [0.15, 0.2) is 114 Å². The third-order valence-corrected chi connectivity index (χ3v) is 6.62. The number of aliphatic imine (C=N–C) groups is 1. The van der Waals surface area contributed by atoms with Crippen molar-refractivity contribution in [2.75, 3.05) is 11.9 Å². The summed E-state index contributed by atoms with van der Waals surface area (Å²) in [5.74, 6) is 0.883. The average molecular weight is 461 g/mol. The van der Waals surface area contributed by atoms with Gasteiger partial charge in [-0.05, 0) is 35.7 Å². The number of hydrogen-bond acceptors (Lipinski definition) is 3. The van der Waals surface area contributed by atoms with Crippen LogP contribution in [0.5, 0.6) is 5.75 Å². The Morgan fingerprint density at radius 2 is 1.31 bits per heavy atom. The molecule has 3 nitrogen and oxygen atoms in total. The molecule has 0 bridgehead atoms. The standard InChI is InChI=1S/C32H32N2O/c1-2-3-4-14-24-35-29-23-15-22-28-30(29)34-32(25-16-8-5-9-17-25,26-18-10-6-11-19-26)31(28)33-27-20-12-7-13-21-27/h5-13,15-23,34H,2-4,14,24H2,1H3.